The van der Waals surface area contributed by atoms with Crippen molar-refractivity contribution >= 4 is 17.5 Å². The lowest BCUT2D eigenvalue weighted by Gasteiger charge is -2.31. The van der Waals surface area contributed by atoms with Gasteiger partial charge in [0.2, 0.25) is 5.91 Å². The van der Waals surface area contributed by atoms with Gasteiger partial charge in [-0.1, -0.05) is 24.3 Å². The summed E-state index contributed by atoms with van der Waals surface area (Å²) in [5.41, 5.74) is 2.63. The molecule has 0 aromatic heterocycles. The molecule has 4 heteroatoms. The maximum absolute atomic E-state index is 12.2. The molecule has 3 rings (SSSR count). The second-order valence-electron chi connectivity index (χ2n) is 5.93. The molecule has 1 saturated heterocycles. The number of benzene rings is 1. The molecule has 1 aromatic carbocycles. The maximum Gasteiger partial charge on any atom is 0.222 e. The van der Waals surface area contributed by atoms with E-state index < -0.39 is 0 Å². The number of alkyl halides is 1. The molecule has 2 unspecified atom stereocenters. The summed E-state index contributed by atoms with van der Waals surface area (Å²) >= 11 is 6.64. The lowest BCUT2D eigenvalue weighted by Crippen LogP contribution is -2.40. The number of hydrogen-bond donors (Lipinski definition) is 0. The van der Waals surface area contributed by atoms with Gasteiger partial charge < -0.3 is 9.64 Å². The van der Waals surface area contributed by atoms with Crippen LogP contribution in [0.25, 0.3) is 0 Å². The van der Waals surface area contributed by atoms with E-state index in [-0.39, 0.29) is 11.3 Å². The molecule has 1 heterocycles. The molecule has 114 valence electrons. The SMILES string of the molecule is O=C(CCC1CCc2ccccc2C1Cl)N1CCOCC1. The normalized spacial score (nSPS) is 25.5. The molecule has 21 heavy (non-hydrogen) atoms. The number of aryl methyl sites for hydroxylation is 1. The average molecular weight is 308 g/mol. The van der Waals surface area contributed by atoms with Crippen molar-refractivity contribution in [3.05, 3.63) is 35.4 Å². The van der Waals surface area contributed by atoms with Crippen molar-refractivity contribution in [1.29, 1.82) is 0 Å². The van der Waals surface area contributed by atoms with Gasteiger partial charge in [0.15, 0.2) is 0 Å². The molecule has 1 aliphatic carbocycles. The van der Waals surface area contributed by atoms with E-state index in [1.807, 2.05) is 4.90 Å². The van der Waals surface area contributed by atoms with Crippen LogP contribution in [0.5, 0.6) is 0 Å². The number of carbonyl (C=O) groups is 1. The van der Waals surface area contributed by atoms with Crippen LogP contribution in [0.15, 0.2) is 24.3 Å². The maximum atomic E-state index is 12.2. The predicted molar refractivity (Wildman–Crippen MR) is 83.5 cm³/mol. The van der Waals surface area contributed by atoms with E-state index in [4.69, 9.17) is 16.3 Å². The first-order valence-corrected chi connectivity index (χ1v) is 8.27. The number of nitrogens with zero attached hydrogens (tertiary/aromatic N) is 1. The lowest BCUT2D eigenvalue weighted by atomic mass is 9.81. The molecule has 2 aliphatic rings. The Morgan fingerprint density at radius 3 is 2.86 bits per heavy atom. The van der Waals surface area contributed by atoms with Gasteiger partial charge in [-0.05, 0) is 36.3 Å². The van der Waals surface area contributed by atoms with Gasteiger partial charge in [0, 0.05) is 19.5 Å². The molecule has 0 radical (unpaired) electrons. The highest BCUT2D eigenvalue weighted by Crippen LogP contribution is 2.41. The van der Waals surface area contributed by atoms with Crippen molar-refractivity contribution in [3.8, 4) is 0 Å². The number of fused-ring (bicyclic) bond motifs is 1. The number of amides is 1. The Bertz CT molecular complexity index is 499. The van der Waals surface area contributed by atoms with Crippen LogP contribution in [0.1, 0.15) is 35.8 Å². The summed E-state index contributed by atoms with van der Waals surface area (Å²) in [7, 11) is 0. The fraction of sp³-hybridized carbons (Fsp3) is 0.588. The van der Waals surface area contributed by atoms with Gasteiger partial charge in [0.05, 0.1) is 18.6 Å². The quantitative estimate of drug-likeness (QED) is 0.803. The average Bonchev–Trinajstić information content (AvgIpc) is 2.55. The zero-order chi connectivity index (χ0) is 14.7. The molecule has 1 aromatic rings. The van der Waals surface area contributed by atoms with Crippen molar-refractivity contribution in [2.24, 2.45) is 5.92 Å². The first kappa shape index (κ1) is 14.9. The highest BCUT2D eigenvalue weighted by molar-refractivity contribution is 6.21. The van der Waals surface area contributed by atoms with Gasteiger partial charge in [0.1, 0.15) is 0 Å². The number of carbonyl (C=O) groups excluding carboxylic acids is 1. The van der Waals surface area contributed by atoms with E-state index >= 15 is 0 Å². The van der Waals surface area contributed by atoms with E-state index in [9.17, 15) is 4.79 Å². The van der Waals surface area contributed by atoms with E-state index in [1.165, 1.54) is 11.1 Å². The summed E-state index contributed by atoms with van der Waals surface area (Å²) in [5.74, 6) is 0.660. The molecule has 1 fully saturated rings. The minimum Gasteiger partial charge on any atom is -0.378 e. The second-order valence-corrected chi connectivity index (χ2v) is 6.40. The minimum atomic E-state index is 0.0486. The van der Waals surface area contributed by atoms with Crippen LogP contribution in [0.4, 0.5) is 0 Å². The van der Waals surface area contributed by atoms with Crippen molar-refractivity contribution in [1.82, 2.24) is 4.90 Å². The summed E-state index contributed by atoms with van der Waals surface area (Å²) in [4.78, 5) is 14.1. The van der Waals surface area contributed by atoms with Gasteiger partial charge in [-0.2, -0.15) is 0 Å². The third kappa shape index (κ3) is 3.41. The fourth-order valence-corrected chi connectivity index (χ4v) is 3.81. The predicted octanol–water partition coefficient (Wildman–Crippen LogP) is 3.17. The Labute approximate surface area is 131 Å². The Balaban J connectivity index is 1.55. The van der Waals surface area contributed by atoms with Crippen LogP contribution < -0.4 is 0 Å². The Hall–Kier alpha value is -1.06. The van der Waals surface area contributed by atoms with Gasteiger partial charge in [-0.3, -0.25) is 4.79 Å². The number of ether oxygens (including phenoxy) is 1. The smallest absolute Gasteiger partial charge is 0.222 e. The molecule has 0 N–H and O–H groups in total. The van der Waals surface area contributed by atoms with Gasteiger partial charge in [0.25, 0.3) is 0 Å². The van der Waals surface area contributed by atoms with E-state index in [1.54, 1.807) is 0 Å². The Morgan fingerprint density at radius 2 is 2.05 bits per heavy atom. The second kappa shape index (κ2) is 6.80. The van der Waals surface area contributed by atoms with Crippen LogP contribution in [-0.2, 0) is 16.0 Å². The highest BCUT2D eigenvalue weighted by atomic mass is 35.5. The summed E-state index contributed by atoms with van der Waals surface area (Å²) < 4.78 is 5.29. The molecule has 1 amide bonds. The molecular weight excluding hydrogens is 286 g/mol. The number of morpholine rings is 1. The number of rotatable bonds is 3. The largest absolute Gasteiger partial charge is 0.378 e. The molecule has 3 nitrogen and oxygen atoms in total. The molecule has 0 saturated carbocycles. The lowest BCUT2D eigenvalue weighted by molar-refractivity contribution is -0.135. The van der Waals surface area contributed by atoms with E-state index in [0.717, 1.165) is 32.4 Å². The fourth-order valence-electron chi connectivity index (χ4n) is 3.34. The van der Waals surface area contributed by atoms with Crippen LogP contribution in [-0.4, -0.2) is 37.1 Å². The van der Waals surface area contributed by atoms with Gasteiger partial charge in [-0.15, -0.1) is 11.6 Å². The summed E-state index contributed by atoms with van der Waals surface area (Å²) in [6.07, 6.45) is 3.66. The van der Waals surface area contributed by atoms with Gasteiger partial charge in [-0.25, -0.2) is 0 Å². The zero-order valence-corrected chi connectivity index (χ0v) is 13.0. The van der Waals surface area contributed by atoms with Crippen molar-refractivity contribution < 1.29 is 9.53 Å². The van der Waals surface area contributed by atoms with Crippen LogP contribution in [0.2, 0.25) is 0 Å². The third-order valence-corrected chi connectivity index (χ3v) is 5.23. The molecule has 0 bridgehead atoms. The van der Waals surface area contributed by atoms with E-state index in [0.29, 0.717) is 25.6 Å². The monoisotopic (exact) mass is 307 g/mol. The van der Waals surface area contributed by atoms with Crippen LogP contribution in [0, 0.1) is 5.92 Å². The molecule has 2 atom stereocenters. The molecular formula is C17H22ClNO2. The number of hydrogen-bond acceptors (Lipinski definition) is 2. The zero-order valence-electron chi connectivity index (χ0n) is 12.3. The topological polar surface area (TPSA) is 29.5 Å². The van der Waals surface area contributed by atoms with Crippen LogP contribution >= 0.6 is 11.6 Å². The van der Waals surface area contributed by atoms with Crippen LogP contribution in [0.3, 0.4) is 0 Å². The first-order chi connectivity index (χ1) is 10.3. The highest BCUT2D eigenvalue weighted by Gasteiger charge is 2.28. The van der Waals surface area contributed by atoms with Crippen molar-refractivity contribution in [2.45, 2.75) is 31.1 Å². The van der Waals surface area contributed by atoms with Crippen molar-refractivity contribution in [3.63, 3.8) is 0 Å². The number of halogens is 1. The molecule has 0 spiro atoms. The first-order valence-electron chi connectivity index (χ1n) is 7.83. The third-order valence-electron chi connectivity index (χ3n) is 4.64. The summed E-state index contributed by atoms with van der Waals surface area (Å²) in [6, 6.07) is 8.42. The van der Waals surface area contributed by atoms with E-state index in [2.05, 4.69) is 24.3 Å². The van der Waals surface area contributed by atoms with Crippen molar-refractivity contribution in [2.75, 3.05) is 26.3 Å². The Kier molecular flexibility index (Phi) is 4.81. The molecule has 1 aliphatic heterocycles. The van der Waals surface area contributed by atoms with Gasteiger partial charge >= 0.3 is 0 Å². The summed E-state index contributed by atoms with van der Waals surface area (Å²) in [5, 5.41) is 0.0486. The Morgan fingerprint density at radius 1 is 1.29 bits per heavy atom. The standard InChI is InChI=1S/C17H22ClNO2/c18-17-14(6-5-13-3-1-2-4-15(13)17)7-8-16(20)19-9-11-21-12-10-19/h1-4,14,17H,5-12H2. The minimum absolute atomic E-state index is 0.0486. The summed E-state index contributed by atoms with van der Waals surface area (Å²) in [6.45, 7) is 2.80.